The van der Waals surface area contributed by atoms with E-state index in [1.54, 1.807) is 0 Å². The van der Waals surface area contributed by atoms with E-state index >= 15 is 0 Å². The first-order chi connectivity index (χ1) is 5.99. The van der Waals surface area contributed by atoms with E-state index in [2.05, 4.69) is 4.72 Å². The summed E-state index contributed by atoms with van der Waals surface area (Å²) in [6.07, 6.45) is 1.13. The lowest BCUT2D eigenvalue weighted by molar-refractivity contribution is 0.204. The van der Waals surface area contributed by atoms with E-state index in [0.717, 1.165) is 12.8 Å². The van der Waals surface area contributed by atoms with E-state index in [1.165, 1.54) is 0 Å². The van der Waals surface area contributed by atoms with Crippen LogP contribution in [0, 0.1) is 0 Å². The van der Waals surface area contributed by atoms with Gasteiger partial charge in [0.05, 0.1) is 12.9 Å². The van der Waals surface area contributed by atoms with Crippen LogP contribution in [0.15, 0.2) is 0 Å². The normalized spacial score (nSPS) is 12.3. The van der Waals surface area contributed by atoms with Crippen LogP contribution >= 0.6 is 0 Å². The van der Waals surface area contributed by atoms with Crippen molar-refractivity contribution >= 4 is 10.0 Å². The molecule has 0 fully saturated rings. The van der Waals surface area contributed by atoms with Crippen LogP contribution in [0.1, 0.15) is 6.92 Å². The molecule has 2 N–H and O–H groups in total. The second kappa shape index (κ2) is 6.31. The number of hydrogen-bond acceptors (Lipinski definition) is 4. The van der Waals surface area contributed by atoms with Gasteiger partial charge in [0.1, 0.15) is 0 Å². The molecule has 0 aromatic carbocycles. The Balaban J connectivity index is 3.61. The van der Waals surface area contributed by atoms with Crippen molar-refractivity contribution in [3.63, 3.8) is 0 Å². The third kappa shape index (κ3) is 8.17. The largest absolute Gasteiger partial charge is 0.395 e. The Labute approximate surface area is 79.8 Å². The quantitative estimate of drug-likeness (QED) is 0.557. The highest BCUT2D eigenvalue weighted by molar-refractivity contribution is 7.88. The van der Waals surface area contributed by atoms with E-state index in [1.807, 2.05) is 11.8 Å². The number of likely N-dealkylation sites (N-methyl/N-ethyl adjacent to an activating group) is 1. The highest BCUT2D eigenvalue weighted by atomic mass is 32.2. The predicted molar refractivity (Wildman–Crippen MR) is 52.0 cm³/mol. The molecule has 5 nitrogen and oxygen atoms in total. The lowest BCUT2D eigenvalue weighted by Crippen LogP contribution is -2.35. The van der Waals surface area contributed by atoms with Crippen LogP contribution in [0.25, 0.3) is 0 Å². The first-order valence-corrected chi connectivity index (χ1v) is 6.16. The van der Waals surface area contributed by atoms with Crippen LogP contribution in [0.2, 0.25) is 0 Å². The first-order valence-electron chi connectivity index (χ1n) is 4.27. The van der Waals surface area contributed by atoms with Crippen LogP contribution in [0.5, 0.6) is 0 Å². The molecule has 0 saturated heterocycles. The van der Waals surface area contributed by atoms with Crippen molar-refractivity contribution < 1.29 is 13.5 Å². The maximum Gasteiger partial charge on any atom is 0.208 e. The third-order valence-corrected chi connectivity index (χ3v) is 2.38. The number of hydrogen-bond donors (Lipinski definition) is 2. The molecule has 0 bridgehead atoms. The molecule has 0 radical (unpaired) electrons. The SMILES string of the molecule is CCN(CCO)CCNS(C)(=O)=O. The van der Waals surface area contributed by atoms with Gasteiger partial charge in [-0.1, -0.05) is 6.92 Å². The minimum Gasteiger partial charge on any atom is -0.395 e. The van der Waals surface area contributed by atoms with Crippen molar-refractivity contribution in [2.45, 2.75) is 6.92 Å². The molecular formula is C7H18N2O3S. The number of nitrogens with one attached hydrogen (secondary N) is 1. The Morgan fingerprint density at radius 2 is 2.00 bits per heavy atom. The summed E-state index contributed by atoms with van der Waals surface area (Å²) in [5.74, 6) is 0. The van der Waals surface area contributed by atoms with E-state index in [4.69, 9.17) is 5.11 Å². The van der Waals surface area contributed by atoms with Crippen molar-refractivity contribution in [3.05, 3.63) is 0 Å². The molecule has 0 aliphatic carbocycles. The summed E-state index contributed by atoms with van der Waals surface area (Å²) in [5.41, 5.74) is 0. The molecule has 0 aliphatic heterocycles. The highest BCUT2D eigenvalue weighted by Crippen LogP contribution is 1.85. The zero-order chi connectivity index (χ0) is 10.3. The van der Waals surface area contributed by atoms with Crippen molar-refractivity contribution in [2.75, 3.05) is 39.0 Å². The number of sulfonamides is 1. The number of aliphatic hydroxyl groups is 1. The van der Waals surface area contributed by atoms with Gasteiger partial charge < -0.3 is 10.0 Å². The first kappa shape index (κ1) is 12.8. The third-order valence-electron chi connectivity index (χ3n) is 1.66. The van der Waals surface area contributed by atoms with Crippen LogP contribution in [-0.4, -0.2) is 57.5 Å². The Hall–Kier alpha value is -0.170. The van der Waals surface area contributed by atoms with Gasteiger partial charge in [0.25, 0.3) is 0 Å². The van der Waals surface area contributed by atoms with Crippen molar-refractivity contribution in [3.8, 4) is 0 Å². The summed E-state index contributed by atoms with van der Waals surface area (Å²) in [7, 11) is -3.08. The molecule has 0 saturated carbocycles. The maximum atomic E-state index is 10.7. The zero-order valence-corrected chi connectivity index (χ0v) is 8.97. The van der Waals surface area contributed by atoms with Crippen molar-refractivity contribution in [2.24, 2.45) is 0 Å². The number of rotatable bonds is 7. The molecule has 0 unspecified atom stereocenters. The summed E-state index contributed by atoms with van der Waals surface area (Å²) in [6.45, 7) is 4.49. The van der Waals surface area contributed by atoms with Gasteiger partial charge in [-0.05, 0) is 6.54 Å². The van der Waals surface area contributed by atoms with E-state index < -0.39 is 10.0 Å². The van der Waals surface area contributed by atoms with Gasteiger partial charge in [0, 0.05) is 19.6 Å². The smallest absolute Gasteiger partial charge is 0.208 e. The zero-order valence-electron chi connectivity index (χ0n) is 8.15. The van der Waals surface area contributed by atoms with Crippen LogP contribution < -0.4 is 4.72 Å². The van der Waals surface area contributed by atoms with Crippen LogP contribution in [-0.2, 0) is 10.0 Å². The van der Waals surface area contributed by atoms with Crippen molar-refractivity contribution in [1.29, 1.82) is 0 Å². The molecule has 0 aromatic heterocycles. The molecule has 0 spiro atoms. The van der Waals surface area contributed by atoms with Gasteiger partial charge >= 0.3 is 0 Å². The van der Waals surface area contributed by atoms with Crippen LogP contribution in [0.3, 0.4) is 0 Å². The molecule has 0 heterocycles. The Bertz CT molecular complexity index is 216. The standard InChI is InChI=1S/C7H18N2O3S/c1-3-9(6-7-10)5-4-8-13(2,11)12/h8,10H,3-7H2,1-2H3. The fourth-order valence-corrected chi connectivity index (χ4v) is 1.42. The fraction of sp³-hybridized carbons (Fsp3) is 1.00. The lowest BCUT2D eigenvalue weighted by atomic mass is 10.4. The van der Waals surface area contributed by atoms with E-state index in [-0.39, 0.29) is 6.61 Å². The Morgan fingerprint density at radius 3 is 2.38 bits per heavy atom. The van der Waals surface area contributed by atoms with Gasteiger partial charge in [-0.25, -0.2) is 13.1 Å². The second-order valence-corrected chi connectivity index (χ2v) is 4.66. The fourth-order valence-electron chi connectivity index (χ4n) is 0.959. The number of aliphatic hydroxyl groups excluding tert-OH is 1. The summed E-state index contributed by atoms with van der Waals surface area (Å²) in [6, 6.07) is 0. The van der Waals surface area contributed by atoms with Gasteiger partial charge in [0.15, 0.2) is 0 Å². The summed E-state index contributed by atoms with van der Waals surface area (Å²) < 4.78 is 23.8. The molecule has 0 aromatic rings. The molecule has 80 valence electrons. The molecular weight excluding hydrogens is 192 g/mol. The van der Waals surface area contributed by atoms with Crippen LogP contribution in [0.4, 0.5) is 0 Å². The number of nitrogens with zero attached hydrogens (tertiary/aromatic N) is 1. The molecule has 0 aliphatic rings. The average molecular weight is 210 g/mol. The molecule has 13 heavy (non-hydrogen) atoms. The maximum absolute atomic E-state index is 10.7. The predicted octanol–water partition coefficient (Wildman–Crippen LogP) is -1.15. The molecule has 0 atom stereocenters. The lowest BCUT2D eigenvalue weighted by Gasteiger charge is -2.18. The van der Waals surface area contributed by atoms with Gasteiger partial charge in [-0.15, -0.1) is 0 Å². The van der Waals surface area contributed by atoms with Crippen molar-refractivity contribution in [1.82, 2.24) is 9.62 Å². The second-order valence-electron chi connectivity index (χ2n) is 2.82. The topological polar surface area (TPSA) is 69.6 Å². The molecule has 6 heteroatoms. The average Bonchev–Trinajstić information content (AvgIpc) is 2.01. The Morgan fingerprint density at radius 1 is 1.38 bits per heavy atom. The minimum absolute atomic E-state index is 0.104. The van der Waals surface area contributed by atoms with Gasteiger partial charge in [-0.3, -0.25) is 0 Å². The summed E-state index contributed by atoms with van der Waals surface area (Å²) in [5, 5.41) is 8.65. The molecule has 0 amide bonds. The summed E-state index contributed by atoms with van der Waals surface area (Å²) >= 11 is 0. The minimum atomic E-state index is -3.08. The highest BCUT2D eigenvalue weighted by Gasteiger charge is 2.03. The Kier molecular flexibility index (Phi) is 6.23. The van der Waals surface area contributed by atoms with Gasteiger partial charge in [-0.2, -0.15) is 0 Å². The van der Waals surface area contributed by atoms with Gasteiger partial charge in [0.2, 0.25) is 10.0 Å². The summed E-state index contributed by atoms with van der Waals surface area (Å²) in [4.78, 5) is 1.97. The monoisotopic (exact) mass is 210 g/mol. The van der Waals surface area contributed by atoms with E-state index in [0.29, 0.717) is 19.6 Å². The van der Waals surface area contributed by atoms with E-state index in [9.17, 15) is 8.42 Å². The molecule has 0 rings (SSSR count).